The van der Waals surface area contributed by atoms with Crippen LogP contribution in [0.1, 0.15) is 24.0 Å². The summed E-state index contributed by atoms with van der Waals surface area (Å²) in [5.74, 6) is 0.283. The first-order valence-electron chi connectivity index (χ1n) is 5.18. The summed E-state index contributed by atoms with van der Waals surface area (Å²) in [6, 6.07) is 15.8. The number of halogens is 2. The largest absolute Gasteiger partial charge is 0.0843 e. The normalized spacial score (nSPS) is 12.4. The van der Waals surface area contributed by atoms with Crippen molar-refractivity contribution < 1.29 is 0 Å². The highest BCUT2D eigenvalue weighted by atomic mass is 35.5. The molecule has 2 rings (SSSR count). The molecule has 0 heterocycles. The van der Waals surface area contributed by atoms with E-state index < -0.39 is 0 Å². The molecule has 0 radical (unpaired) electrons. The summed E-state index contributed by atoms with van der Waals surface area (Å²) >= 11 is 12.0. The van der Waals surface area contributed by atoms with Crippen LogP contribution in [0.15, 0.2) is 48.5 Å². The van der Waals surface area contributed by atoms with Gasteiger partial charge in [0, 0.05) is 16.0 Å². The SMILES string of the molecule is C[C@H](c1ccc(Cl)cc1)c1ccccc1Cl. The van der Waals surface area contributed by atoms with Crippen LogP contribution in [0.5, 0.6) is 0 Å². The fraction of sp³-hybridized carbons (Fsp3) is 0.143. The highest BCUT2D eigenvalue weighted by molar-refractivity contribution is 6.31. The highest BCUT2D eigenvalue weighted by Gasteiger charge is 2.10. The number of benzene rings is 2. The van der Waals surface area contributed by atoms with Crippen LogP contribution in [-0.4, -0.2) is 0 Å². The van der Waals surface area contributed by atoms with E-state index in [-0.39, 0.29) is 5.92 Å². The van der Waals surface area contributed by atoms with E-state index in [1.807, 2.05) is 42.5 Å². The van der Waals surface area contributed by atoms with Crippen molar-refractivity contribution in [2.75, 3.05) is 0 Å². The van der Waals surface area contributed by atoms with Gasteiger partial charge in [-0.05, 0) is 29.3 Å². The molecular formula is C14H12Cl2. The van der Waals surface area contributed by atoms with Crippen molar-refractivity contribution in [1.82, 2.24) is 0 Å². The van der Waals surface area contributed by atoms with E-state index >= 15 is 0 Å². The lowest BCUT2D eigenvalue weighted by Crippen LogP contribution is -1.96. The number of hydrogen-bond donors (Lipinski definition) is 0. The van der Waals surface area contributed by atoms with Crippen molar-refractivity contribution in [3.63, 3.8) is 0 Å². The number of rotatable bonds is 2. The van der Waals surface area contributed by atoms with Crippen molar-refractivity contribution in [2.45, 2.75) is 12.8 Å². The molecule has 0 aliphatic heterocycles. The Labute approximate surface area is 106 Å². The fourth-order valence-corrected chi connectivity index (χ4v) is 2.18. The molecule has 0 saturated carbocycles. The summed E-state index contributed by atoms with van der Waals surface area (Å²) < 4.78 is 0. The molecule has 0 N–H and O–H groups in total. The van der Waals surface area contributed by atoms with E-state index in [9.17, 15) is 0 Å². The summed E-state index contributed by atoms with van der Waals surface area (Å²) in [6.07, 6.45) is 0. The van der Waals surface area contributed by atoms with Gasteiger partial charge in [0.05, 0.1) is 0 Å². The van der Waals surface area contributed by atoms with Crippen molar-refractivity contribution >= 4 is 23.2 Å². The lowest BCUT2D eigenvalue weighted by atomic mass is 9.93. The van der Waals surface area contributed by atoms with E-state index in [4.69, 9.17) is 23.2 Å². The van der Waals surface area contributed by atoms with E-state index in [0.717, 1.165) is 15.6 Å². The zero-order chi connectivity index (χ0) is 11.5. The Bertz CT molecular complexity index is 474. The van der Waals surface area contributed by atoms with Gasteiger partial charge in [0.25, 0.3) is 0 Å². The van der Waals surface area contributed by atoms with Crippen LogP contribution >= 0.6 is 23.2 Å². The van der Waals surface area contributed by atoms with Crippen molar-refractivity contribution in [3.05, 3.63) is 69.7 Å². The first-order valence-corrected chi connectivity index (χ1v) is 5.94. The van der Waals surface area contributed by atoms with Crippen LogP contribution in [0, 0.1) is 0 Å². The summed E-state index contributed by atoms with van der Waals surface area (Å²) in [7, 11) is 0. The van der Waals surface area contributed by atoms with Crippen LogP contribution in [0.3, 0.4) is 0 Å². The molecule has 0 aromatic heterocycles. The first-order chi connectivity index (χ1) is 7.68. The maximum Gasteiger partial charge on any atom is 0.0444 e. The van der Waals surface area contributed by atoms with Gasteiger partial charge in [0.15, 0.2) is 0 Å². The molecule has 0 aliphatic carbocycles. The molecule has 0 bridgehead atoms. The van der Waals surface area contributed by atoms with Crippen LogP contribution in [-0.2, 0) is 0 Å². The minimum Gasteiger partial charge on any atom is -0.0843 e. The average Bonchev–Trinajstić information content (AvgIpc) is 2.30. The molecule has 82 valence electrons. The Kier molecular flexibility index (Phi) is 3.52. The third kappa shape index (κ3) is 2.40. The van der Waals surface area contributed by atoms with Crippen LogP contribution in [0.4, 0.5) is 0 Å². The van der Waals surface area contributed by atoms with Gasteiger partial charge in [-0.15, -0.1) is 0 Å². The van der Waals surface area contributed by atoms with Gasteiger partial charge in [0.1, 0.15) is 0 Å². The van der Waals surface area contributed by atoms with E-state index in [1.165, 1.54) is 5.56 Å². The smallest absolute Gasteiger partial charge is 0.0444 e. The third-order valence-electron chi connectivity index (χ3n) is 2.74. The second-order valence-electron chi connectivity index (χ2n) is 3.79. The van der Waals surface area contributed by atoms with Gasteiger partial charge >= 0.3 is 0 Å². The van der Waals surface area contributed by atoms with Crippen molar-refractivity contribution in [1.29, 1.82) is 0 Å². The highest BCUT2D eigenvalue weighted by Crippen LogP contribution is 2.30. The van der Waals surface area contributed by atoms with Crippen molar-refractivity contribution in [3.8, 4) is 0 Å². The van der Waals surface area contributed by atoms with E-state index in [0.29, 0.717) is 0 Å². The zero-order valence-electron chi connectivity index (χ0n) is 8.95. The topological polar surface area (TPSA) is 0 Å². The lowest BCUT2D eigenvalue weighted by molar-refractivity contribution is 0.923. The van der Waals surface area contributed by atoms with Crippen molar-refractivity contribution in [2.24, 2.45) is 0 Å². The van der Waals surface area contributed by atoms with Gasteiger partial charge in [-0.3, -0.25) is 0 Å². The molecule has 0 spiro atoms. The zero-order valence-corrected chi connectivity index (χ0v) is 10.5. The Hall–Kier alpha value is -0.980. The van der Waals surface area contributed by atoms with Gasteiger partial charge in [-0.1, -0.05) is 60.5 Å². The second kappa shape index (κ2) is 4.90. The maximum atomic E-state index is 6.17. The summed E-state index contributed by atoms with van der Waals surface area (Å²) in [4.78, 5) is 0. The minimum atomic E-state index is 0.283. The molecule has 2 heteroatoms. The molecule has 0 amide bonds. The summed E-state index contributed by atoms with van der Waals surface area (Å²) in [5, 5.41) is 1.57. The van der Waals surface area contributed by atoms with Gasteiger partial charge in [0.2, 0.25) is 0 Å². The maximum absolute atomic E-state index is 6.17. The van der Waals surface area contributed by atoms with Crippen LogP contribution in [0.25, 0.3) is 0 Å². The van der Waals surface area contributed by atoms with Crippen LogP contribution in [0.2, 0.25) is 10.0 Å². The van der Waals surface area contributed by atoms with Gasteiger partial charge in [-0.2, -0.15) is 0 Å². The molecule has 0 aliphatic rings. The Morgan fingerprint density at radius 1 is 0.875 bits per heavy atom. The molecule has 0 saturated heterocycles. The van der Waals surface area contributed by atoms with E-state index in [2.05, 4.69) is 13.0 Å². The molecular weight excluding hydrogens is 239 g/mol. The first kappa shape index (κ1) is 11.5. The van der Waals surface area contributed by atoms with E-state index in [1.54, 1.807) is 0 Å². The minimum absolute atomic E-state index is 0.283. The summed E-state index contributed by atoms with van der Waals surface area (Å²) in [6.45, 7) is 2.14. The molecule has 2 aromatic carbocycles. The standard InChI is InChI=1S/C14H12Cl2/c1-10(11-6-8-12(15)9-7-11)13-4-2-3-5-14(13)16/h2-10H,1H3/t10-/m1/s1. The molecule has 2 aromatic rings. The molecule has 16 heavy (non-hydrogen) atoms. The molecule has 0 fully saturated rings. The predicted molar refractivity (Wildman–Crippen MR) is 70.4 cm³/mol. The van der Waals surface area contributed by atoms with Gasteiger partial charge in [-0.25, -0.2) is 0 Å². The predicted octanol–water partition coefficient (Wildman–Crippen LogP) is 5.15. The number of hydrogen-bond acceptors (Lipinski definition) is 0. The van der Waals surface area contributed by atoms with Gasteiger partial charge < -0.3 is 0 Å². The fourth-order valence-electron chi connectivity index (χ4n) is 1.76. The Morgan fingerprint density at radius 3 is 2.12 bits per heavy atom. The average molecular weight is 251 g/mol. The monoisotopic (exact) mass is 250 g/mol. The molecule has 0 unspecified atom stereocenters. The molecule has 1 atom stereocenters. The quantitative estimate of drug-likeness (QED) is 0.692. The van der Waals surface area contributed by atoms with Crippen LogP contribution < -0.4 is 0 Å². The Balaban J connectivity index is 2.35. The molecule has 0 nitrogen and oxygen atoms in total. The second-order valence-corrected chi connectivity index (χ2v) is 4.64. The lowest BCUT2D eigenvalue weighted by Gasteiger charge is -2.13. The Morgan fingerprint density at radius 2 is 1.50 bits per heavy atom. The summed E-state index contributed by atoms with van der Waals surface area (Å²) in [5.41, 5.74) is 2.36. The third-order valence-corrected chi connectivity index (χ3v) is 3.34.